The largest absolute Gasteiger partial charge is 0.373 e. The van der Waals surface area contributed by atoms with Crippen molar-refractivity contribution >= 4 is 11.6 Å². The van der Waals surface area contributed by atoms with E-state index in [2.05, 4.69) is 41.4 Å². The van der Waals surface area contributed by atoms with Gasteiger partial charge in [-0.2, -0.15) is 0 Å². The van der Waals surface area contributed by atoms with Crippen LogP contribution < -0.4 is 10.6 Å². The van der Waals surface area contributed by atoms with E-state index in [0.717, 1.165) is 23.6 Å². The van der Waals surface area contributed by atoms with Gasteiger partial charge in [-0.05, 0) is 20.3 Å². The summed E-state index contributed by atoms with van der Waals surface area (Å²) in [6.45, 7) is 6.30. The zero-order valence-corrected chi connectivity index (χ0v) is 9.26. The first-order valence-corrected chi connectivity index (χ1v) is 4.97. The molecule has 0 aliphatic carbocycles. The average Bonchev–Trinajstić information content (AvgIpc) is 2.16. The van der Waals surface area contributed by atoms with E-state index in [9.17, 15) is 0 Å². The van der Waals surface area contributed by atoms with Gasteiger partial charge in [-0.15, -0.1) is 0 Å². The minimum absolute atomic E-state index is 0.389. The topological polar surface area (TPSA) is 49.8 Å². The standard InChI is InChI=1S/C10H18N4/c1-5-8-9(11-4)12-6-13-10(8)14-7(2)3/h6-7H,5H2,1-4H3,(H2,11,12,13,14). The van der Waals surface area contributed by atoms with Gasteiger partial charge in [-0.1, -0.05) is 6.92 Å². The van der Waals surface area contributed by atoms with Crippen molar-refractivity contribution in [3.05, 3.63) is 11.9 Å². The lowest BCUT2D eigenvalue weighted by molar-refractivity contribution is 0.876. The van der Waals surface area contributed by atoms with Gasteiger partial charge in [-0.25, -0.2) is 9.97 Å². The van der Waals surface area contributed by atoms with Crippen LogP contribution in [0.5, 0.6) is 0 Å². The van der Waals surface area contributed by atoms with Gasteiger partial charge in [0.15, 0.2) is 0 Å². The number of rotatable bonds is 4. The average molecular weight is 194 g/mol. The third kappa shape index (κ3) is 2.34. The zero-order chi connectivity index (χ0) is 10.6. The maximum Gasteiger partial charge on any atom is 0.134 e. The van der Waals surface area contributed by atoms with E-state index in [0.29, 0.717) is 6.04 Å². The molecule has 0 amide bonds. The second-order valence-corrected chi connectivity index (χ2v) is 3.45. The number of hydrogen-bond acceptors (Lipinski definition) is 4. The normalized spacial score (nSPS) is 10.4. The van der Waals surface area contributed by atoms with Crippen molar-refractivity contribution in [3.63, 3.8) is 0 Å². The number of nitrogens with zero attached hydrogens (tertiary/aromatic N) is 2. The lowest BCUT2D eigenvalue weighted by atomic mass is 10.2. The summed E-state index contributed by atoms with van der Waals surface area (Å²) in [5, 5.41) is 6.38. The van der Waals surface area contributed by atoms with Gasteiger partial charge in [0.1, 0.15) is 18.0 Å². The molecule has 0 unspecified atom stereocenters. The van der Waals surface area contributed by atoms with Crippen LogP contribution in [-0.2, 0) is 6.42 Å². The molecule has 4 heteroatoms. The molecule has 78 valence electrons. The minimum Gasteiger partial charge on any atom is -0.373 e. The highest BCUT2D eigenvalue weighted by molar-refractivity contribution is 5.57. The molecule has 1 rings (SSSR count). The summed E-state index contributed by atoms with van der Waals surface area (Å²) < 4.78 is 0. The maximum atomic E-state index is 4.24. The molecule has 0 aliphatic heterocycles. The fraction of sp³-hybridized carbons (Fsp3) is 0.600. The van der Waals surface area contributed by atoms with Crippen molar-refractivity contribution in [1.29, 1.82) is 0 Å². The second kappa shape index (κ2) is 4.79. The van der Waals surface area contributed by atoms with Crippen LogP contribution in [0.4, 0.5) is 11.6 Å². The van der Waals surface area contributed by atoms with Crippen LogP contribution in [0.25, 0.3) is 0 Å². The summed E-state index contributed by atoms with van der Waals surface area (Å²) in [5.74, 6) is 1.84. The first-order chi connectivity index (χ1) is 6.69. The van der Waals surface area contributed by atoms with Crippen LogP contribution in [0, 0.1) is 0 Å². The van der Waals surface area contributed by atoms with Crippen molar-refractivity contribution in [2.45, 2.75) is 33.2 Å². The summed E-state index contributed by atoms with van der Waals surface area (Å²) in [7, 11) is 1.88. The van der Waals surface area contributed by atoms with E-state index in [1.807, 2.05) is 7.05 Å². The molecule has 1 heterocycles. The highest BCUT2D eigenvalue weighted by Gasteiger charge is 2.08. The van der Waals surface area contributed by atoms with Gasteiger partial charge in [0, 0.05) is 18.7 Å². The van der Waals surface area contributed by atoms with Crippen molar-refractivity contribution in [2.75, 3.05) is 17.7 Å². The van der Waals surface area contributed by atoms with Crippen LogP contribution in [0.1, 0.15) is 26.3 Å². The van der Waals surface area contributed by atoms with Crippen LogP contribution >= 0.6 is 0 Å². The van der Waals surface area contributed by atoms with Gasteiger partial charge in [0.2, 0.25) is 0 Å². The number of anilines is 2. The molecule has 0 saturated carbocycles. The Morgan fingerprint density at radius 2 is 1.93 bits per heavy atom. The molecular weight excluding hydrogens is 176 g/mol. The molecule has 1 aromatic rings. The lowest BCUT2D eigenvalue weighted by Crippen LogP contribution is -2.14. The van der Waals surface area contributed by atoms with Gasteiger partial charge in [0.05, 0.1) is 0 Å². The van der Waals surface area contributed by atoms with E-state index < -0.39 is 0 Å². The lowest BCUT2D eigenvalue weighted by Gasteiger charge is -2.14. The minimum atomic E-state index is 0.389. The molecule has 0 bridgehead atoms. The highest BCUT2D eigenvalue weighted by atomic mass is 15.1. The summed E-state index contributed by atoms with van der Waals surface area (Å²) in [6.07, 6.45) is 2.50. The molecule has 0 radical (unpaired) electrons. The predicted octanol–water partition coefficient (Wildman–Crippen LogP) is 1.90. The third-order valence-corrected chi connectivity index (χ3v) is 1.96. The number of aromatic nitrogens is 2. The SMILES string of the molecule is CCc1c(NC)ncnc1NC(C)C. The molecule has 14 heavy (non-hydrogen) atoms. The molecule has 0 spiro atoms. The molecule has 2 N–H and O–H groups in total. The Kier molecular flexibility index (Phi) is 3.68. The smallest absolute Gasteiger partial charge is 0.134 e. The molecule has 4 nitrogen and oxygen atoms in total. The van der Waals surface area contributed by atoms with E-state index in [-0.39, 0.29) is 0 Å². The Morgan fingerprint density at radius 3 is 2.43 bits per heavy atom. The van der Waals surface area contributed by atoms with Crippen LogP contribution in [0.15, 0.2) is 6.33 Å². The van der Waals surface area contributed by atoms with Crippen molar-refractivity contribution in [1.82, 2.24) is 9.97 Å². The molecule has 0 atom stereocenters. The molecule has 0 aromatic carbocycles. The highest BCUT2D eigenvalue weighted by Crippen LogP contribution is 2.20. The number of nitrogens with one attached hydrogen (secondary N) is 2. The van der Waals surface area contributed by atoms with Gasteiger partial charge in [-0.3, -0.25) is 0 Å². The number of hydrogen-bond donors (Lipinski definition) is 2. The Bertz CT molecular complexity index is 296. The van der Waals surface area contributed by atoms with Gasteiger partial charge < -0.3 is 10.6 Å². The third-order valence-electron chi connectivity index (χ3n) is 1.96. The summed E-state index contributed by atoms with van der Waals surface area (Å²) in [5.41, 5.74) is 1.14. The predicted molar refractivity (Wildman–Crippen MR) is 59.7 cm³/mol. The van der Waals surface area contributed by atoms with Crippen molar-refractivity contribution < 1.29 is 0 Å². The molecule has 0 saturated heterocycles. The summed E-state index contributed by atoms with van der Waals surface area (Å²) >= 11 is 0. The molecule has 0 aliphatic rings. The van der Waals surface area contributed by atoms with Crippen LogP contribution in [0.3, 0.4) is 0 Å². The Morgan fingerprint density at radius 1 is 1.29 bits per heavy atom. The Labute approximate surface area is 85.2 Å². The fourth-order valence-electron chi connectivity index (χ4n) is 1.36. The fourth-order valence-corrected chi connectivity index (χ4v) is 1.36. The van der Waals surface area contributed by atoms with Gasteiger partial charge in [0.25, 0.3) is 0 Å². The first-order valence-electron chi connectivity index (χ1n) is 4.97. The van der Waals surface area contributed by atoms with Crippen molar-refractivity contribution in [2.24, 2.45) is 0 Å². The Balaban J connectivity index is 3.02. The van der Waals surface area contributed by atoms with E-state index in [1.54, 1.807) is 6.33 Å². The van der Waals surface area contributed by atoms with E-state index in [4.69, 9.17) is 0 Å². The Hall–Kier alpha value is -1.32. The quantitative estimate of drug-likeness (QED) is 0.768. The zero-order valence-electron chi connectivity index (χ0n) is 9.26. The van der Waals surface area contributed by atoms with Crippen LogP contribution in [-0.4, -0.2) is 23.1 Å². The maximum absolute atomic E-state index is 4.24. The molecule has 1 aromatic heterocycles. The van der Waals surface area contributed by atoms with Crippen LogP contribution in [0.2, 0.25) is 0 Å². The van der Waals surface area contributed by atoms with Crippen molar-refractivity contribution in [3.8, 4) is 0 Å². The molecule has 0 fully saturated rings. The van der Waals surface area contributed by atoms with E-state index >= 15 is 0 Å². The van der Waals surface area contributed by atoms with Gasteiger partial charge >= 0.3 is 0 Å². The molecular formula is C10H18N4. The monoisotopic (exact) mass is 194 g/mol. The van der Waals surface area contributed by atoms with E-state index in [1.165, 1.54) is 0 Å². The summed E-state index contributed by atoms with van der Waals surface area (Å²) in [6, 6.07) is 0.389. The first kappa shape index (κ1) is 10.8. The second-order valence-electron chi connectivity index (χ2n) is 3.45. The summed E-state index contributed by atoms with van der Waals surface area (Å²) in [4.78, 5) is 8.41.